The van der Waals surface area contributed by atoms with E-state index < -0.39 is 23.9 Å². The number of hydrogen-bond donors (Lipinski definition) is 2. The summed E-state index contributed by atoms with van der Waals surface area (Å²) >= 11 is 0. The second-order valence-electron chi connectivity index (χ2n) is 7.71. The van der Waals surface area contributed by atoms with E-state index in [1.54, 1.807) is 6.20 Å². The average Bonchev–Trinajstić information content (AvgIpc) is 3.18. The van der Waals surface area contributed by atoms with Gasteiger partial charge >= 0.3 is 0 Å². The summed E-state index contributed by atoms with van der Waals surface area (Å²) in [7, 11) is 0. The fourth-order valence-corrected chi connectivity index (χ4v) is 4.32. The molecule has 2 heterocycles. The number of hydrogen-bond acceptors (Lipinski definition) is 4. The van der Waals surface area contributed by atoms with E-state index in [0.29, 0.717) is 25.4 Å². The summed E-state index contributed by atoms with van der Waals surface area (Å²) < 4.78 is 32.5. The molecule has 5 nitrogen and oxygen atoms in total. The third kappa shape index (κ3) is 2.95. The maximum Gasteiger partial charge on any atom is 0.257 e. The van der Waals surface area contributed by atoms with E-state index in [-0.39, 0.29) is 6.61 Å². The van der Waals surface area contributed by atoms with E-state index in [2.05, 4.69) is 10.2 Å². The number of β-amino-alcohol motifs (C(OH)–C–C–N with tert-alkyl or cyclic N) is 1. The molecule has 7 heteroatoms. The van der Waals surface area contributed by atoms with Gasteiger partial charge in [-0.2, -0.15) is 5.10 Å². The van der Waals surface area contributed by atoms with Gasteiger partial charge in [0.2, 0.25) is 0 Å². The number of alkyl halides is 2. The Hall–Kier alpha value is -2.51. The normalized spacial score (nSPS) is 24.2. The number of nitrogens with one attached hydrogen (secondary N) is 1. The molecule has 2 aliphatic rings. The molecule has 2 aromatic carbocycles. The Morgan fingerprint density at radius 3 is 2.64 bits per heavy atom. The second kappa shape index (κ2) is 6.53. The molecule has 28 heavy (non-hydrogen) atoms. The molecule has 0 spiro atoms. The van der Waals surface area contributed by atoms with Gasteiger partial charge in [0.1, 0.15) is 18.5 Å². The Labute approximate surface area is 160 Å². The van der Waals surface area contributed by atoms with Crippen molar-refractivity contribution >= 4 is 10.8 Å². The molecule has 0 bridgehead atoms. The zero-order valence-corrected chi connectivity index (χ0v) is 15.2. The summed E-state index contributed by atoms with van der Waals surface area (Å²) in [5, 5.41) is 19.1. The molecule has 0 radical (unpaired) electrons. The van der Waals surface area contributed by atoms with Crippen molar-refractivity contribution in [1.29, 1.82) is 0 Å². The lowest BCUT2D eigenvalue weighted by Crippen LogP contribution is -2.37. The van der Waals surface area contributed by atoms with Crippen molar-refractivity contribution < 1.29 is 18.6 Å². The predicted octanol–water partition coefficient (Wildman–Crippen LogP) is 3.17. The second-order valence-corrected chi connectivity index (χ2v) is 7.71. The standard InChI is InChI=1S/C21H21F2N3O2/c22-21(23)18-10-26(11-19(18)21)9-14(27)12-28-20-6-5-15(13-7-24-25-8-13)16-3-1-2-4-17(16)20/h1-8,14,18-19,27H,9-12H2,(H,24,25). The minimum atomic E-state index is -2.49. The first-order valence-corrected chi connectivity index (χ1v) is 9.46. The third-order valence-corrected chi connectivity index (χ3v) is 5.87. The Morgan fingerprint density at radius 2 is 1.93 bits per heavy atom. The molecule has 1 aromatic heterocycles. The Morgan fingerprint density at radius 1 is 1.18 bits per heavy atom. The average molecular weight is 385 g/mol. The molecule has 1 aliphatic carbocycles. The van der Waals surface area contributed by atoms with E-state index >= 15 is 0 Å². The Balaban J connectivity index is 1.26. The number of fused-ring (bicyclic) bond motifs is 2. The molecule has 3 aromatic rings. The van der Waals surface area contributed by atoms with Crippen molar-refractivity contribution in [2.45, 2.75) is 12.0 Å². The molecule has 146 valence electrons. The van der Waals surface area contributed by atoms with Crippen LogP contribution in [-0.4, -0.2) is 58.5 Å². The molecule has 2 N–H and O–H groups in total. The number of likely N-dealkylation sites (tertiary alicyclic amines) is 1. The van der Waals surface area contributed by atoms with Crippen LogP contribution in [0.25, 0.3) is 21.9 Å². The topological polar surface area (TPSA) is 61.4 Å². The van der Waals surface area contributed by atoms with Crippen LogP contribution >= 0.6 is 0 Å². The highest BCUT2D eigenvalue weighted by Crippen LogP contribution is 2.59. The predicted molar refractivity (Wildman–Crippen MR) is 101 cm³/mol. The molecule has 3 unspecified atom stereocenters. The summed E-state index contributed by atoms with van der Waals surface area (Å²) in [5.74, 6) is -2.86. The van der Waals surface area contributed by atoms with Gasteiger partial charge in [0.05, 0.1) is 6.20 Å². The van der Waals surface area contributed by atoms with Gasteiger partial charge in [-0.15, -0.1) is 0 Å². The smallest absolute Gasteiger partial charge is 0.257 e. The number of aliphatic hydroxyl groups excluding tert-OH is 1. The van der Waals surface area contributed by atoms with E-state index in [4.69, 9.17) is 4.74 Å². The number of halogens is 2. The van der Waals surface area contributed by atoms with Gasteiger partial charge in [-0.3, -0.25) is 10.00 Å². The maximum absolute atomic E-state index is 13.3. The summed E-state index contributed by atoms with van der Waals surface area (Å²) in [6, 6.07) is 11.8. The molecular weight excluding hydrogens is 364 g/mol. The van der Waals surface area contributed by atoms with Crippen LogP contribution in [0.1, 0.15) is 0 Å². The third-order valence-electron chi connectivity index (χ3n) is 5.87. The lowest BCUT2D eigenvalue weighted by molar-refractivity contribution is 0.0304. The van der Waals surface area contributed by atoms with Gasteiger partial charge in [-0.25, -0.2) is 8.78 Å². The number of aromatic amines is 1. The molecule has 2 fully saturated rings. The number of rotatable bonds is 6. The first kappa shape index (κ1) is 17.6. The molecule has 3 atom stereocenters. The van der Waals surface area contributed by atoms with Crippen LogP contribution in [0, 0.1) is 11.8 Å². The van der Waals surface area contributed by atoms with Crippen LogP contribution in [0.15, 0.2) is 48.8 Å². The van der Waals surface area contributed by atoms with Crippen LogP contribution in [-0.2, 0) is 0 Å². The van der Waals surface area contributed by atoms with Crippen molar-refractivity contribution in [3.05, 3.63) is 48.8 Å². The minimum Gasteiger partial charge on any atom is -0.490 e. The molecule has 5 rings (SSSR count). The number of H-pyrrole nitrogens is 1. The zero-order valence-electron chi connectivity index (χ0n) is 15.2. The van der Waals surface area contributed by atoms with Gasteiger partial charge in [-0.05, 0) is 23.1 Å². The fraction of sp³-hybridized carbons (Fsp3) is 0.381. The van der Waals surface area contributed by atoms with E-state index in [1.165, 1.54) is 0 Å². The Kier molecular flexibility index (Phi) is 4.10. The van der Waals surface area contributed by atoms with E-state index in [1.807, 2.05) is 47.5 Å². The van der Waals surface area contributed by atoms with E-state index in [9.17, 15) is 13.9 Å². The number of aromatic nitrogens is 2. The SMILES string of the molecule is OC(COc1ccc(-c2cn[nH]c2)c2ccccc12)CN1CC2C(C1)C2(F)F. The van der Waals surface area contributed by atoms with Crippen LogP contribution in [0.3, 0.4) is 0 Å². The zero-order chi connectivity index (χ0) is 19.3. The maximum atomic E-state index is 13.3. The number of ether oxygens (including phenoxy) is 1. The van der Waals surface area contributed by atoms with Gasteiger partial charge in [0, 0.05) is 48.6 Å². The van der Waals surface area contributed by atoms with Crippen molar-refractivity contribution in [1.82, 2.24) is 15.1 Å². The Bertz CT molecular complexity index is 978. The first-order chi connectivity index (χ1) is 13.5. The fourth-order valence-electron chi connectivity index (χ4n) is 4.32. The van der Waals surface area contributed by atoms with E-state index in [0.717, 1.165) is 21.9 Å². The van der Waals surface area contributed by atoms with Crippen molar-refractivity contribution in [2.75, 3.05) is 26.2 Å². The van der Waals surface area contributed by atoms with Crippen LogP contribution in [0.4, 0.5) is 8.78 Å². The first-order valence-electron chi connectivity index (χ1n) is 9.46. The highest BCUT2D eigenvalue weighted by atomic mass is 19.3. The lowest BCUT2D eigenvalue weighted by Gasteiger charge is -2.23. The molecule has 1 aliphatic heterocycles. The lowest BCUT2D eigenvalue weighted by atomic mass is 10.00. The van der Waals surface area contributed by atoms with Crippen LogP contribution in [0.5, 0.6) is 5.75 Å². The highest BCUT2D eigenvalue weighted by Gasteiger charge is 2.71. The summed E-state index contributed by atoms with van der Waals surface area (Å²) in [6.07, 6.45) is 2.89. The minimum absolute atomic E-state index is 0.122. The van der Waals surface area contributed by atoms with Crippen molar-refractivity contribution in [2.24, 2.45) is 11.8 Å². The summed E-state index contributed by atoms with van der Waals surface area (Å²) in [5.41, 5.74) is 2.04. The quantitative estimate of drug-likeness (QED) is 0.684. The summed E-state index contributed by atoms with van der Waals surface area (Å²) in [6.45, 7) is 1.19. The number of benzene rings is 2. The molecule has 1 saturated carbocycles. The van der Waals surface area contributed by atoms with Crippen LogP contribution in [0.2, 0.25) is 0 Å². The largest absolute Gasteiger partial charge is 0.490 e. The van der Waals surface area contributed by atoms with Crippen molar-refractivity contribution in [3.63, 3.8) is 0 Å². The monoisotopic (exact) mass is 385 g/mol. The van der Waals surface area contributed by atoms with Gasteiger partial charge in [0.25, 0.3) is 5.92 Å². The van der Waals surface area contributed by atoms with Crippen LogP contribution < -0.4 is 4.74 Å². The molecular formula is C21H21F2N3O2. The van der Waals surface area contributed by atoms with Crippen molar-refractivity contribution in [3.8, 4) is 16.9 Å². The van der Waals surface area contributed by atoms with Gasteiger partial charge in [-0.1, -0.05) is 24.3 Å². The van der Waals surface area contributed by atoms with Gasteiger partial charge < -0.3 is 9.84 Å². The number of aliphatic hydroxyl groups is 1. The highest BCUT2D eigenvalue weighted by molar-refractivity contribution is 5.99. The van der Waals surface area contributed by atoms with Gasteiger partial charge in [0.15, 0.2) is 0 Å². The number of piperidine rings is 1. The molecule has 0 amide bonds. The summed E-state index contributed by atoms with van der Waals surface area (Å²) in [4.78, 5) is 1.90. The number of nitrogens with zero attached hydrogens (tertiary/aromatic N) is 2. The molecule has 1 saturated heterocycles.